The number of carbonyl (C=O) groups excluding carboxylic acids is 2. The monoisotopic (exact) mass is 498 g/mol. The molecule has 4 N–H and O–H groups in total. The average Bonchev–Trinajstić information content (AvgIpc) is 3.07. The molecule has 1 saturated heterocycles. The molecule has 0 saturated carbocycles. The summed E-state index contributed by atoms with van der Waals surface area (Å²) < 4.78 is 0. The van der Waals surface area contributed by atoms with E-state index in [1.165, 1.54) is 11.1 Å². The minimum Gasteiger partial charge on any atom is -0.350 e. The fourth-order valence-electron chi connectivity index (χ4n) is 4.99. The van der Waals surface area contributed by atoms with E-state index in [0.717, 1.165) is 17.5 Å². The second kappa shape index (κ2) is 12.7. The maximum Gasteiger partial charge on any atom is 0.251 e. The number of aryl methyl sites for hydroxylation is 2. The molecule has 37 heavy (non-hydrogen) atoms. The molecule has 0 aromatic heterocycles. The molecule has 1 heterocycles. The lowest BCUT2D eigenvalue weighted by Crippen LogP contribution is -2.49. The molecule has 1 aliphatic rings. The summed E-state index contributed by atoms with van der Waals surface area (Å²) >= 11 is 0. The van der Waals surface area contributed by atoms with Gasteiger partial charge < -0.3 is 21.3 Å². The highest BCUT2D eigenvalue weighted by Crippen LogP contribution is 2.27. The van der Waals surface area contributed by atoms with Crippen LogP contribution in [0.3, 0.4) is 0 Å². The van der Waals surface area contributed by atoms with E-state index >= 15 is 0 Å². The number of nitrogens with one attached hydrogen (secondary N) is 2. The quantitative estimate of drug-likeness (QED) is 0.419. The molecule has 1 aliphatic heterocycles. The van der Waals surface area contributed by atoms with Gasteiger partial charge in [-0.15, -0.1) is 0 Å². The fourth-order valence-corrected chi connectivity index (χ4v) is 4.99. The summed E-state index contributed by atoms with van der Waals surface area (Å²) in [6.07, 6.45) is 1.30. The van der Waals surface area contributed by atoms with Gasteiger partial charge in [-0.3, -0.25) is 9.59 Å². The van der Waals surface area contributed by atoms with E-state index in [1.54, 1.807) is 0 Å². The van der Waals surface area contributed by atoms with Gasteiger partial charge in [-0.2, -0.15) is 0 Å². The molecule has 3 aromatic rings. The Labute approximate surface area is 220 Å². The predicted octanol–water partition coefficient (Wildman–Crippen LogP) is 3.77. The molecule has 6 heteroatoms. The summed E-state index contributed by atoms with van der Waals surface area (Å²) in [6, 6.07) is 26.1. The topological polar surface area (TPSA) is 87.5 Å². The zero-order valence-corrected chi connectivity index (χ0v) is 21.8. The van der Waals surface area contributed by atoms with Gasteiger partial charge >= 0.3 is 0 Å². The van der Waals surface area contributed by atoms with Crippen LogP contribution in [0.15, 0.2) is 78.9 Å². The molecule has 4 rings (SSSR count). The van der Waals surface area contributed by atoms with Crippen LogP contribution in [-0.2, 0) is 4.79 Å². The van der Waals surface area contributed by atoms with E-state index < -0.39 is 0 Å². The number of amides is 2. The molecule has 194 valence electrons. The lowest BCUT2D eigenvalue weighted by Gasteiger charge is -2.29. The van der Waals surface area contributed by atoms with E-state index in [4.69, 9.17) is 5.73 Å². The Morgan fingerprint density at radius 2 is 1.65 bits per heavy atom. The molecule has 0 bridgehead atoms. The molecule has 3 aromatic carbocycles. The van der Waals surface area contributed by atoms with E-state index in [2.05, 4.69) is 34.9 Å². The minimum atomic E-state index is -0.372. The van der Waals surface area contributed by atoms with E-state index in [9.17, 15) is 9.59 Å². The van der Waals surface area contributed by atoms with Crippen molar-refractivity contribution in [1.82, 2.24) is 15.5 Å². The summed E-state index contributed by atoms with van der Waals surface area (Å²) in [5.41, 5.74) is 11.2. The summed E-state index contributed by atoms with van der Waals surface area (Å²) in [4.78, 5) is 28.4. The molecular weight excluding hydrogens is 460 g/mol. The van der Waals surface area contributed by atoms with E-state index in [1.807, 2.05) is 73.3 Å². The Hall–Kier alpha value is -3.48. The first-order valence-corrected chi connectivity index (χ1v) is 13.2. The van der Waals surface area contributed by atoms with Crippen LogP contribution >= 0.6 is 0 Å². The van der Waals surface area contributed by atoms with Crippen LogP contribution in [0.5, 0.6) is 0 Å². The first kappa shape index (κ1) is 26.6. The third-order valence-corrected chi connectivity index (χ3v) is 7.33. The van der Waals surface area contributed by atoms with Gasteiger partial charge in [-0.1, -0.05) is 66.7 Å². The number of carbonyl (C=O) groups is 2. The van der Waals surface area contributed by atoms with Crippen LogP contribution in [-0.4, -0.2) is 55.0 Å². The van der Waals surface area contributed by atoms with E-state index in [-0.39, 0.29) is 29.8 Å². The number of hydrogen-bond donors (Lipinski definition) is 3. The van der Waals surface area contributed by atoms with Crippen molar-refractivity contribution in [2.24, 2.45) is 5.73 Å². The van der Waals surface area contributed by atoms with Gasteiger partial charge in [0, 0.05) is 37.2 Å². The third kappa shape index (κ3) is 6.85. The van der Waals surface area contributed by atoms with Gasteiger partial charge in [0.25, 0.3) is 5.91 Å². The van der Waals surface area contributed by atoms with Crippen molar-refractivity contribution >= 4 is 11.8 Å². The van der Waals surface area contributed by atoms with Crippen molar-refractivity contribution in [3.63, 3.8) is 0 Å². The van der Waals surface area contributed by atoms with Crippen molar-refractivity contribution in [1.29, 1.82) is 0 Å². The molecule has 2 atom stereocenters. The van der Waals surface area contributed by atoms with Gasteiger partial charge in [0.15, 0.2) is 0 Å². The predicted molar refractivity (Wildman–Crippen MR) is 149 cm³/mol. The normalized spacial score (nSPS) is 18.1. The number of benzene rings is 3. The van der Waals surface area contributed by atoms with Crippen molar-refractivity contribution < 1.29 is 9.59 Å². The summed E-state index contributed by atoms with van der Waals surface area (Å²) in [5.74, 6) is 0.0529. The molecule has 0 aliphatic carbocycles. The smallest absolute Gasteiger partial charge is 0.251 e. The Kier molecular flexibility index (Phi) is 9.09. The van der Waals surface area contributed by atoms with Crippen LogP contribution in [0.2, 0.25) is 0 Å². The van der Waals surface area contributed by atoms with Crippen molar-refractivity contribution in [3.05, 3.63) is 107 Å². The molecule has 1 fully saturated rings. The third-order valence-electron chi connectivity index (χ3n) is 7.33. The highest BCUT2D eigenvalue weighted by Gasteiger charge is 2.32. The van der Waals surface area contributed by atoms with Crippen molar-refractivity contribution in [2.45, 2.75) is 44.7 Å². The Balaban J connectivity index is 1.48. The van der Waals surface area contributed by atoms with Crippen LogP contribution in [0.4, 0.5) is 0 Å². The molecule has 0 unspecified atom stereocenters. The maximum atomic E-state index is 13.6. The number of hydrogen-bond acceptors (Lipinski definition) is 4. The fraction of sp³-hybridized carbons (Fsp3) is 0.355. The average molecular weight is 499 g/mol. The zero-order valence-electron chi connectivity index (χ0n) is 21.8. The molecule has 0 spiro atoms. The van der Waals surface area contributed by atoms with Gasteiger partial charge in [-0.05, 0) is 67.6 Å². The zero-order chi connectivity index (χ0) is 26.2. The van der Waals surface area contributed by atoms with Crippen LogP contribution in [0, 0.1) is 13.8 Å². The first-order chi connectivity index (χ1) is 18.0. The SMILES string of the molecule is Cc1ccc(C(=O)NC[C@@H]2CCN(CC(c3ccccc3)c3ccccc3)C(=O)[C@H](CCN)N2)cc1C. The molecular formula is C31H38N4O2. The van der Waals surface area contributed by atoms with Gasteiger partial charge in [0.1, 0.15) is 0 Å². The molecule has 0 radical (unpaired) electrons. The summed E-state index contributed by atoms with van der Waals surface area (Å²) in [5, 5.41) is 6.56. The lowest BCUT2D eigenvalue weighted by atomic mass is 9.90. The highest BCUT2D eigenvalue weighted by atomic mass is 16.2. The highest BCUT2D eigenvalue weighted by molar-refractivity contribution is 5.94. The van der Waals surface area contributed by atoms with Crippen molar-refractivity contribution in [3.8, 4) is 0 Å². The second-order valence-corrected chi connectivity index (χ2v) is 9.95. The lowest BCUT2D eigenvalue weighted by molar-refractivity contribution is -0.133. The number of nitrogens with two attached hydrogens (primary N) is 1. The second-order valence-electron chi connectivity index (χ2n) is 9.95. The number of rotatable bonds is 9. The molecule has 2 amide bonds. The minimum absolute atomic E-state index is 0.0205. The van der Waals surface area contributed by atoms with Crippen LogP contribution in [0.1, 0.15) is 51.4 Å². The van der Waals surface area contributed by atoms with Crippen LogP contribution < -0.4 is 16.4 Å². The van der Waals surface area contributed by atoms with Crippen LogP contribution in [0.25, 0.3) is 0 Å². The Morgan fingerprint density at radius 1 is 1.00 bits per heavy atom. The van der Waals surface area contributed by atoms with E-state index in [0.29, 0.717) is 38.2 Å². The Morgan fingerprint density at radius 3 is 2.24 bits per heavy atom. The summed E-state index contributed by atoms with van der Waals surface area (Å²) in [7, 11) is 0. The largest absolute Gasteiger partial charge is 0.350 e. The molecule has 6 nitrogen and oxygen atoms in total. The first-order valence-electron chi connectivity index (χ1n) is 13.2. The van der Waals surface area contributed by atoms with Gasteiger partial charge in [0.05, 0.1) is 6.04 Å². The number of nitrogens with zero attached hydrogens (tertiary/aromatic N) is 1. The Bertz CT molecular complexity index is 1140. The van der Waals surface area contributed by atoms with Gasteiger partial charge in [0.2, 0.25) is 5.91 Å². The van der Waals surface area contributed by atoms with Gasteiger partial charge in [-0.25, -0.2) is 0 Å². The maximum absolute atomic E-state index is 13.6. The summed E-state index contributed by atoms with van der Waals surface area (Å²) in [6.45, 7) is 6.13. The standard InChI is InChI=1S/C31H38N4O2/c1-22-13-14-26(19-23(22)2)30(36)33-20-27-16-18-35(31(37)29(34-27)15-17-32)21-28(24-9-5-3-6-10-24)25-11-7-4-8-12-25/h3-14,19,27-29,34H,15-18,20-21,32H2,1-2H3,(H,33,36)/t27-,29-/m0/s1. The van der Waals surface area contributed by atoms with Crippen molar-refractivity contribution in [2.75, 3.05) is 26.2 Å².